The first kappa shape index (κ1) is 9.02. The number of cyclic esters (lactones) is 1. The Morgan fingerprint density at radius 2 is 2.43 bits per heavy atom. The van der Waals surface area contributed by atoms with Gasteiger partial charge < -0.3 is 14.3 Å². The predicted molar refractivity (Wildman–Crippen MR) is 47.3 cm³/mol. The lowest BCUT2D eigenvalue weighted by molar-refractivity contribution is -0.135. The molecule has 2 atom stereocenters. The van der Waals surface area contributed by atoms with Crippen molar-refractivity contribution in [1.29, 1.82) is 0 Å². The Balaban J connectivity index is 2.17. The van der Waals surface area contributed by atoms with Crippen LogP contribution in [0.2, 0.25) is 0 Å². The van der Waals surface area contributed by atoms with E-state index in [1.807, 2.05) is 0 Å². The lowest BCUT2D eigenvalue weighted by Crippen LogP contribution is -2.13. The number of rotatable bonds is 2. The van der Waals surface area contributed by atoms with Crippen LogP contribution in [0.5, 0.6) is 0 Å². The average Bonchev–Trinajstić information content (AvgIpc) is 2.77. The molecule has 1 aliphatic heterocycles. The zero-order valence-electron chi connectivity index (χ0n) is 7.47. The molecular weight excluding hydrogens is 184 g/mol. The zero-order valence-corrected chi connectivity index (χ0v) is 7.47. The van der Waals surface area contributed by atoms with Gasteiger partial charge in [0.2, 0.25) is 0 Å². The Bertz CT molecular complexity index is 352. The number of carbonyl (C=O) groups excluding carboxylic acids is 1. The highest BCUT2D eigenvalue weighted by molar-refractivity contribution is 5.90. The van der Waals surface area contributed by atoms with Gasteiger partial charge in [0.1, 0.15) is 18.5 Å². The van der Waals surface area contributed by atoms with Gasteiger partial charge in [-0.1, -0.05) is 6.58 Å². The summed E-state index contributed by atoms with van der Waals surface area (Å²) < 4.78 is 9.79. The molecule has 74 valence electrons. The van der Waals surface area contributed by atoms with Gasteiger partial charge in [-0.05, 0) is 12.1 Å². The molecule has 1 aromatic rings. The number of hydrogen-bond acceptors (Lipinski definition) is 4. The maximum absolute atomic E-state index is 11.0. The van der Waals surface area contributed by atoms with Crippen molar-refractivity contribution in [2.45, 2.75) is 6.10 Å². The minimum atomic E-state index is -0.857. The fraction of sp³-hybridized carbons (Fsp3) is 0.300. The summed E-state index contributed by atoms with van der Waals surface area (Å²) in [6.45, 7) is 3.74. The van der Waals surface area contributed by atoms with Gasteiger partial charge in [0, 0.05) is 5.57 Å². The number of carbonyl (C=O) groups is 1. The third kappa shape index (κ3) is 1.33. The lowest BCUT2D eigenvalue weighted by Gasteiger charge is -2.12. The van der Waals surface area contributed by atoms with Crippen molar-refractivity contribution in [1.82, 2.24) is 0 Å². The maximum atomic E-state index is 11.0. The van der Waals surface area contributed by atoms with E-state index in [0.29, 0.717) is 11.3 Å². The Morgan fingerprint density at radius 3 is 2.93 bits per heavy atom. The van der Waals surface area contributed by atoms with Crippen molar-refractivity contribution in [2.24, 2.45) is 5.92 Å². The predicted octanol–water partition coefficient (Wildman–Crippen LogP) is 1.04. The van der Waals surface area contributed by atoms with E-state index < -0.39 is 18.0 Å². The van der Waals surface area contributed by atoms with Crippen molar-refractivity contribution in [3.05, 3.63) is 36.3 Å². The quantitative estimate of drug-likeness (QED) is 0.564. The fourth-order valence-electron chi connectivity index (χ4n) is 1.45. The normalized spacial score (nSPS) is 23.6. The molecule has 0 spiro atoms. The molecule has 4 nitrogen and oxygen atoms in total. The van der Waals surface area contributed by atoms with E-state index in [0.717, 1.165) is 0 Å². The number of aliphatic hydroxyl groups is 1. The summed E-state index contributed by atoms with van der Waals surface area (Å²) in [5, 5.41) is 9.81. The summed E-state index contributed by atoms with van der Waals surface area (Å²) in [4.78, 5) is 11.0. The Kier molecular flexibility index (Phi) is 2.13. The SMILES string of the molecule is C=C1C(=O)OC[C@H]1[C@@H](O)c1ccco1. The zero-order chi connectivity index (χ0) is 10.1. The molecule has 2 heterocycles. The minimum absolute atomic E-state index is 0.166. The molecule has 0 radical (unpaired) electrons. The second kappa shape index (κ2) is 3.31. The third-order valence-electron chi connectivity index (χ3n) is 2.32. The molecule has 0 bridgehead atoms. The molecule has 2 rings (SSSR count). The summed E-state index contributed by atoms with van der Waals surface area (Å²) >= 11 is 0. The molecule has 1 saturated heterocycles. The van der Waals surface area contributed by atoms with Crippen LogP contribution in [0.1, 0.15) is 11.9 Å². The monoisotopic (exact) mass is 194 g/mol. The van der Waals surface area contributed by atoms with Crippen LogP contribution in [0, 0.1) is 5.92 Å². The standard InChI is InChI=1S/C10H10O4/c1-6-7(5-14-10(6)12)9(11)8-3-2-4-13-8/h2-4,7,9,11H,1,5H2/t7-,9-/m1/s1. The molecule has 1 N–H and O–H groups in total. The topological polar surface area (TPSA) is 59.7 Å². The molecule has 1 fully saturated rings. The summed E-state index contributed by atoms with van der Waals surface area (Å²) in [5.74, 6) is -0.413. The smallest absolute Gasteiger partial charge is 0.333 e. The molecule has 0 amide bonds. The maximum Gasteiger partial charge on any atom is 0.333 e. The van der Waals surface area contributed by atoms with Crippen molar-refractivity contribution in [3.63, 3.8) is 0 Å². The Hall–Kier alpha value is -1.55. The molecule has 1 aromatic heterocycles. The van der Waals surface area contributed by atoms with Crippen LogP contribution in [0.4, 0.5) is 0 Å². The van der Waals surface area contributed by atoms with Crippen LogP contribution in [-0.2, 0) is 9.53 Å². The second-order valence-electron chi connectivity index (χ2n) is 3.19. The largest absolute Gasteiger partial charge is 0.467 e. The van der Waals surface area contributed by atoms with Crippen molar-refractivity contribution >= 4 is 5.97 Å². The van der Waals surface area contributed by atoms with Crippen LogP contribution < -0.4 is 0 Å². The molecule has 0 aromatic carbocycles. The minimum Gasteiger partial charge on any atom is -0.467 e. The number of esters is 1. The van der Waals surface area contributed by atoms with Crippen molar-refractivity contribution in [3.8, 4) is 0 Å². The summed E-state index contributed by atoms with van der Waals surface area (Å²) in [7, 11) is 0. The summed E-state index contributed by atoms with van der Waals surface area (Å²) in [6, 6.07) is 3.33. The molecule has 0 saturated carbocycles. The van der Waals surface area contributed by atoms with Crippen LogP contribution in [0.3, 0.4) is 0 Å². The summed E-state index contributed by atoms with van der Waals surface area (Å²) in [5.41, 5.74) is 0.300. The van der Waals surface area contributed by atoms with E-state index in [4.69, 9.17) is 9.15 Å². The van der Waals surface area contributed by atoms with Crippen LogP contribution in [0.15, 0.2) is 35.0 Å². The molecule has 0 unspecified atom stereocenters. The fourth-order valence-corrected chi connectivity index (χ4v) is 1.45. The van der Waals surface area contributed by atoms with Crippen LogP contribution >= 0.6 is 0 Å². The van der Waals surface area contributed by atoms with Crippen LogP contribution in [-0.4, -0.2) is 17.7 Å². The number of furan rings is 1. The van der Waals surface area contributed by atoms with Crippen LogP contribution in [0.25, 0.3) is 0 Å². The molecular formula is C10H10O4. The Labute approximate surface area is 80.8 Å². The van der Waals surface area contributed by atoms with Gasteiger partial charge >= 0.3 is 5.97 Å². The van der Waals surface area contributed by atoms with E-state index in [-0.39, 0.29) is 6.61 Å². The first-order chi connectivity index (χ1) is 6.70. The van der Waals surface area contributed by atoms with Gasteiger partial charge in [-0.3, -0.25) is 0 Å². The van der Waals surface area contributed by atoms with Gasteiger partial charge in [-0.15, -0.1) is 0 Å². The van der Waals surface area contributed by atoms with Gasteiger partial charge in [0.25, 0.3) is 0 Å². The molecule has 4 heteroatoms. The van der Waals surface area contributed by atoms with Gasteiger partial charge in [0.05, 0.1) is 12.2 Å². The highest BCUT2D eigenvalue weighted by atomic mass is 16.5. The van der Waals surface area contributed by atoms with Crippen molar-refractivity contribution < 1.29 is 19.1 Å². The van der Waals surface area contributed by atoms with E-state index >= 15 is 0 Å². The highest BCUT2D eigenvalue weighted by Crippen LogP contribution is 2.32. The molecule has 1 aliphatic rings. The first-order valence-corrected chi connectivity index (χ1v) is 4.27. The lowest BCUT2D eigenvalue weighted by atomic mass is 9.96. The van der Waals surface area contributed by atoms with E-state index in [9.17, 15) is 9.90 Å². The number of hydrogen-bond donors (Lipinski definition) is 1. The number of ether oxygens (including phenoxy) is 1. The van der Waals surface area contributed by atoms with Gasteiger partial charge in [-0.25, -0.2) is 4.79 Å². The summed E-state index contributed by atoms with van der Waals surface area (Å²) in [6.07, 6.45) is 0.614. The van der Waals surface area contributed by atoms with Gasteiger partial charge in [0.15, 0.2) is 0 Å². The van der Waals surface area contributed by atoms with E-state index in [1.54, 1.807) is 12.1 Å². The van der Waals surface area contributed by atoms with Gasteiger partial charge in [-0.2, -0.15) is 0 Å². The average molecular weight is 194 g/mol. The Morgan fingerprint density at radius 1 is 1.64 bits per heavy atom. The molecule has 0 aliphatic carbocycles. The first-order valence-electron chi connectivity index (χ1n) is 4.27. The van der Waals surface area contributed by atoms with Crippen molar-refractivity contribution in [2.75, 3.05) is 6.61 Å². The third-order valence-corrected chi connectivity index (χ3v) is 2.32. The van der Waals surface area contributed by atoms with E-state index in [2.05, 4.69) is 6.58 Å². The number of aliphatic hydroxyl groups excluding tert-OH is 1. The molecule has 14 heavy (non-hydrogen) atoms. The highest BCUT2D eigenvalue weighted by Gasteiger charge is 2.36. The second-order valence-corrected chi connectivity index (χ2v) is 3.19. The van der Waals surface area contributed by atoms with E-state index in [1.165, 1.54) is 6.26 Å².